The summed E-state index contributed by atoms with van der Waals surface area (Å²) in [5.74, 6) is -0.662. The molecule has 0 saturated carbocycles. The highest BCUT2D eigenvalue weighted by Crippen LogP contribution is 2.39. The molecule has 1 fully saturated rings. The Bertz CT molecular complexity index is 1480. The third-order valence-electron chi connectivity index (χ3n) is 7.31. The number of nitrogens with two attached hydrogens (primary N) is 2. The number of nitrogens with zero attached hydrogens (tertiary/aromatic N) is 4. The predicted molar refractivity (Wildman–Crippen MR) is 158 cm³/mol. The number of nitrogens with one attached hydrogen (secondary N) is 1. The molecule has 12 heteroatoms. The van der Waals surface area contributed by atoms with Gasteiger partial charge in [0, 0.05) is 23.7 Å². The standard InChI is InChI=1S/C28H30ClN7O3S/c1-28(16-30)10-12-35(13-11-28)21-14-32-26(24(31)34-21)40-20-9-5-8-18(23(20)29)33-25(38)22-19(37)15-36(27(22)39)17-6-3-2-4-7-17/h2-9,14,37H,10-13,15-16,30H2,1H3,(H2,31,34)(H,33,38). The molecule has 5 rings (SSSR count). The number of benzene rings is 2. The zero-order valence-corrected chi connectivity index (χ0v) is 23.5. The number of hydrogen-bond acceptors (Lipinski definition) is 9. The van der Waals surface area contributed by atoms with Gasteiger partial charge in [-0.25, -0.2) is 9.97 Å². The number of rotatable bonds is 7. The van der Waals surface area contributed by atoms with Gasteiger partial charge in [0.25, 0.3) is 11.8 Å². The lowest BCUT2D eigenvalue weighted by molar-refractivity contribution is -0.119. The molecule has 3 aromatic rings. The van der Waals surface area contributed by atoms with E-state index in [0.717, 1.165) is 25.9 Å². The topological polar surface area (TPSA) is 151 Å². The van der Waals surface area contributed by atoms with Crippen LogP contribution in [0, 0.1) is 5.41 Å². The smallest absolute Gasteiger partial charge is 0.267 e. The number of aromatic nitrogens is 2. The molecule has 0 aliphatic carbocycles. The number of aliphatic hydroxyl groups is 1. The molecule has 2 aliphatic rings. The van der Waals surface area contributed by atoms with E-state index in [1.807, 2.05) is 6.07 Å². The quantitative estimate of drug-likeness (QED) is 0.301. The highest BCUT2D eigenvalue weighted by atomic mass is 35.5. The van der Waals surface area contributed by atoms with E-state index in [9.17, 15) is 14.7 Å². The molecule has 2 aliphatic heterocycles. The third kappa shape index (κ3) is 5.58. The number of carbonyl (C=O) groups excluding carboxylic acids is 2. The molecule has 10 nitrogen and oxygen atoms in total. The molecule has 2 aromatic carbocycles. The second-order valence-electron chi connectivity index (χ2n) is 10.1. The summed E-state index contributed by atoms with van der Waals surface area (Å²) in [7, 11) is 0. The Hall–Kier alpha value is -3.80. The van der Waals surface area contributed by atoms with Gasteiger partial charge in [0.15, 0.2) is 5.82 Å². The van der Waals surface area contributed by atoms with Gasteiger partial charge in [0.2, 0.25) is 0 Å². The Balaban J connectivity index is 1.28. The summed E-state index contributed by atoms with van der Waals surface area (Å²) in [4.78, 5) is 39.2. The fourth-order valence-electron chi connectivity index (χ4n) is 4.67. The van der Waals surface area contributed by atoms with Crippen LogP contribution in [0.2, 0.25) is 5.02 Å². The third-order valence-corrected chi connectivity index (χ3v) is 8.89. The maximum absolute atomic E-state index is 13.0. The van der Waals surface area contributed by atoms with Crippen LogP contribution < -0.4 is 26.6 Å². The largest absolute Gasteiger partial charge is 0.509 e. The summed E-state index contributed by atoms with van der Waals surface area (Å²) < 4.78 is 0. The average Bonchev–Trinajstić information content (AvgIpc) is 3.26. The molecule has 1 saturated heterocycles. The fraction of sp³-hybridized carbons (Fsp3) is 0.286. The van der Waals surface area contributed by atoms with Crippen LogP contribution in [0.1, 0.15) is 19.8 Å². The van der Waals surface area contributed by atoms with Gasteiger partial charge in [-0.05, 0) is 49.1 Å². The van der Waals surface area contributed by atoms with E-state index in [1.165, 1.54) is 16.7 Å². The number of nitrogen functional groups attached to an aromatic ring is 1. The van der Waals surface area contributed by atoms with Crippen molar-refractivity contribution in [3.8, 4) is 0 Å². The Morgan fingerprint density at radius 3 is 2.58 bits per heavy atom. The number of carbonyl (C=O) groups is 2. The number of piperidine rings is 1. The SMILES string of the molecule is CC1(CN)CCN(c2cnc(Sc3cccc(NC(=O)C4=C(O)CN(c5ccccc5)C4=O)c3Cl)c(N)n2)CC1. The van der Waals surface area contributed by atoms with E-state index in [2.05, 4.69) is 27.1 Å². The molecule has 2 amide bonds. The normalized spacial score (nSPS) is 16.9. The van der Waals surface area contributed by atoms with E-state index in [0.29, 0.717) is 28.0 Å². The summed E-state index contributed by atoms with van der Waals surface area (Å²) in [6.07, 6.45) is 3.64. The van der Waals surface area contributed by atoms with Crippen LogP contribution >= 0.6 is 23.4 Å². The fourth-order valence-corrected chi connectivity index (χ4v) is 5.77. The van der Waals surface area contributed by atoms with Crippen molar-refractivity contribution in [3.05, 3.63) is 71.1 Å². The minimum absolute atomic E-state index is 0.0903. The van der Waals surface area contributed by atoms with Crippen LogP contribution in [-0.2, 0) is 9.59 Å². The lowest BCUT2D eigenvalue weighted by Gasteiger charge is -2.39. The molecule has 3 heterocycles. The van der Waals surface area contributed by atoms with Gasteiger partial charge in [0.05, 0.1) is 23.5 Å². The monoisotopic (exact) mass is 579 g/mol. The molecule has 0 atom stereocenters. The lowest BCUT2D eigenvalue weighted by Crippen LogP contribution is -2.42. The summed E-state index contributed by atoms with van der Waals surface area (Å²) in [6.45, 7) is 4.44. The van der Waals surface area contributed by atoms with Gasteiger partial charge < -0.3 is 31.7 Å². The van der Waals surface area contributed by atoms with Crippen molar-refractivity contribution in [1.82, 2.24) is 9.97 Å². The highest BCUT2D eigenvalue weighted by molar-refractivity contribution is 7.99. The van der Waals surface area contributed by atoms with Crippen molar-refractivity contribution in [2.45, 2.75) is 29.7 Å². The molecule has 0 unspecified atom stereocenters. The molecule has 0 spiro atoms. The van der Waals surface area contributed by atoms with E-state index < -0.39 is 11.8 Å². The van der Waals surface area contributed by atoms with E-state index in [1.54, 1.807) is 48.7 Å². The molecule has 0 bridgehead atoms. The number of para-hydroxylation sites is 1. The number of aliphatic hydroxyl groups excluding tert-OH is 1. The van der Waals surface area contributed by atoms with Gasteiger partial charge in [-0.15, -0.1) is 0 Å². The van der Waals surface area contributed by atoms with Gasteiger partial charge in [-0.2, -0.15) is 0 Å². The maximum atomic E-state index is 13.0. The Morgan fingerprint density at radius 2 is 1.90 bits per heavy atom. The van der Waals surface area contributed by atoms with Crippen molar-refractivity contribution in [3.63, 3.8) is 0 Å². The second-order valence-corrected chi connectivity index (χ2v) is 11.6. The molecular formula is C28H30ClN7O3S. The van der Waals surface area contributed by atoms with E-state index in [-0.39, 0.29) is 39.8 Å². The first-order chi connectivity index (χ1) is 19.2. The van der Waals surface area contributed by atoms with Crippen LogP contribution in [0.25, 0.3) is 0 Å². The van der Waals surface area contributed by atoms with Gasteiger partial charge in [-0.3, -0.25) is 9.59 Å². The summed E-state index contributed by atoms with van der Waals surface area (Å²) in [6, 6.07) is 13.9. The predicted octanol–water partition coefficient (Wildman–Crippen LogP) is 4.23. The maximum Gasteiger partial charge on any atom is 0.267 e. The van der Waals surface area contributed by atoms with Crippen LogP contribution in [-0.4, -0.2) is 53.1 Å². The van der Waals surface area contributed by atoms with Crippen molar-refractivity contribution >= 4 is 58.2 Å². The van der Waals surface area contributed by atoms with E-state index in [4.69, 9.17) is 23.1 Å². The number of anilines is 4. The molecule has 1 aromatic heterocycles. The first kappa shape index (κ1) is 27.8. The van der Waals surface area contributed by atoms with Crippen molar-refractivity contribution < 1.29 is 14.7 Å². The summed E-state index contributed by atoms with van der Waals surface area (Å²) >= 11 is 7.85. The lowest BCUT2D eigenvalue weighted by atomic mass is 9.80. The van der Waals surface area contributed by atoms with Crippen molar-refractivity contribution in [2.75, 3.05) is 47.0 Å². The second kappa shape index (κ2) is 11.4. The number of hydrogen-bond donors (Lipinski definition) is 4. The average molecular weight is 580 g/mol. The Morgan fingerprint density at radius 1 is 1.18 bits per heavy atom. The number of amides is 2. The first-order valence-corrected chi connectivity index (χ1v) is 14.0. The summed E-state index contributed by atoms with van der Waals surface area (Å²) in [5, 5.41) is 13.8. The summed E-state index contributed by atoms with van der Waals surface area (Å²) in [5.41, 5.74) is 12.9. The van der Waals surface area contributed by atoms with Crippen LogP contribution in [0.3, 0.4) is 0 Å². The first-order valence-electron chi connectivity index (χ1n) is 12.8. The molecule has 6 N–H and O–H groups in total. The zero-order chi connectivity index (χ0) is 28.4. The molecule has 208 valence electrons. The highest BCUT2D eigenvalue weighted by Gasteiger charge is 2.36. The Kier molecular flexibility index (Phi) is 7.88. The van der Waals surface area contributed by atoms with Crippen LogP contribution in [0.15, 0.2) is 76.0 Å². The van der Waals surface area contributed by atoms with Crippen LogP contribution in [0.5, 0.6) is 0 Å². The molecule has 40 heavy (non-hydrogen) atoms. The molecular weight excluding hydrogens is 550 g/mol. The van der Waals surface area contributed by atoms with Gasteiger partial charge >= 0.3 is 0 Å². The van der Waals surface area contributed by atoms with Crippen molar-refractivity contribution in [2.24, 2.45) is 11.1 Å². The minimum atomic E-state index is -0.749. The minimum Gasteiger partial charge on any atom is -0.509 e. The van der Waals surface area contributed by atoms with Gasteiger partial charge in [-0.1, -0.05) is 54.6 Å². The molecule has 0 radical (unpaired) electrons. The van der Waals surface area contributed by atoms with Crippen molar-refractivity contribution in [1.29, 1.82) is 0 Å². The van der Waals surface area contributed by atoms with Gasteiger partial charge in [0.1, 0.15) is 22.2 Å². The zero-order valence-electron chi connectivity index (χ0n) is 21.9. The van der Waals surface area contributed by atoms with Crippen LogP contribution in [0.4, 0.5) is 23.0 Å². The Labute approximate surface area is 241 Å². The number of halogens is 1. The van der Waals surface area contributed by atoms with E-state index >= 15 is 0 Å².